The molecule has 8 nitrogen and oxygen atoms in total. The van der Waals surface area contributed by atoms with E-state index in [-0.39, 0.29) is 11.0 Å². The molecule has 0 fully saturated rings. The number of amides is 2. The number of aryl methyl sites for hydroxylation is 2. The highest BCUT2D eigenvalue weighted by molar-refractivity contribution is 5.74. The van der Waals surface area contributed by atoms with Crippen LogP contribution in [-0.4, -0.2) is 39.5 Å². The molecule has 0 bridgehead atoms. The van der Waals surface area contributed by atoms with Crippen LogP contribution >= 0.6 is 0 Å². The molecule has 9 heteroatoms. The summed E-state index contributed by atoms with van der Waals surface area (Å²) in [5.74, 6) is 4.96. The summed E-state index contributed by atoms with van der Waals surface area (Å²) in [4.78, 5) is 24.1. The van der Waals surface area contributed by atoms with Crippen molar-refractivity contribution in [3.05, 3.63) is 59.6 Å². The van der Waals surface area contributed by atoms with Crippen molar-refractivity contribution in [2.75, 3.05) is 7.05 Å². The van der Waals surface area contributed by atoms with E-state index in [2.05, 4.69) is 26.8 Å². The van der Waals surface area contributed by atoms with Crippen LogP contribution in [0.5, 0.6) is 0 Å². The van der Waals surface area contributed by atoms with Crippen molar-refractivity contribution in [1.82, 2.24) is 20.4 Å². The largest absolute Gasteiger partial charge is 0.387 e. The van der Waals surface area contributed by atoms with Crippen molar-refractivity contribution in [3.8, 4) is 11.1 Å². The van der Waals surface area contributed by atoms with E-state index in [4.69, 9.17) is 5.90 Å². The van der Waals surface area contributed by atoms with Crippen molar-refractivity contribution in [1.29, 1.82) is 0 Å². The van der Waals surface area contributed by atoms with Crippen LogP contribution in [0.15, 0.2) is 42.8 Å². The van der Waals surface area contributed by atoms with Gasteiger partial charge in [-0.25, -0.2) is 19.3 Å². The molecule has 2 aromatic rings. The summed E-state index contributed by atoms with van der Waals surface area (Å²) < 4.78 is 14.3. The molecule has 142 valence electrons. The number of hydrogen-bond donors (Lipinski definition) is 2. The molecule has 3 N–H and O–H groups in total. The van der Waals surface area contributed by atoms with E-state index in [1.54, 1.807) is 6.20 Å². The molecule has 0 spiro atoms. The third-order valence-electron chi connectivity index (χ3n) is 3.81. The molecule has 0 aliphatic heterocycles. The Kier molecular flexibility index (Phi) is 6.56. The maximum atomic E-state index is 12.8. The van der Waals surface area contributed by atoms with Crippen molar-refractivity contribution in [2.45, 2.75) is 20.4 Å². The summed E-state index contributed by atoms with van der Waals surface area (Å²) in [7, 11) is 0.954. The predicted molar refractivity (Wildman–Crippen MR) is 98.8 cm³/mol. The van der Waals surface area contributed by atoms with Crippen molar-refractivity contribution < 1.29 is 18.7 Å². The van der Waals surface area contributed by atoms with Gasteiger partial charge < -0.3 is 4.84 Å². The Labute approximate surface area is 156 Å². The van der Waals surface area contributed by atoms with Crippen LogP contribution in [-0.2, 0) is 11.4 Å². The lowest BCUT2D eigenvalue weighted by molar-refractivity contribution is -0.467. The van der Waals surface area contributed by atoms with E-state index in [9.17, 15) is 9.28 Å². The summed E-state index contributed by atoms with van der Waals surface area (Å²) in [5.41, 5.74) is 4.96. The first-order chi connectivity index (χ1) is 12.8. The molecule has 0 radical (unpaired) electrons. The van der Waals surface area contributed by atoms with E-state index in [1.807, 2.05) is 32.0 Å². The molecule has 0 saturated carbocycles. The highest BCUT2D eigenvalue weighted by Gasteiger charge is 2.14. The first kappa shape index (κ1) is 20.0. The zero-order valence-electron chi connectivity index (χ0n) is 15.4. The van der Waals surface area contributed by atoms with E-state index in [1.165, 1.54) is 17.1 Å². The minimum atomic E-state index is -1.01. The number of nitrogens with two attached hydrogens (primary N) is 1. The highest BCUT2D eigenvalue weighted by Crippen LogP contribution is 2.25. The fourth-order valence-electron chi connectivity index (χ4n) is 2.50. The van der Waals surface area contributed by atoms with Gasteiger partial charge in [-0.05, 0) is 31.0 Å². The molecule has 27 heavy (non-hydrogen) atoms. The van der Waals surface area contributed by atoms with Crippen LogP contribution in [0.2, 0.25) is 0 Å². The Balaban J connectivity index is 2.14. The topological polar surface area (TPSA) is 96.4 Å². The van der Waals surface area contributed by atoms with Gasteiger partial charge in [0.2, 0.25) is 6.20 Å². The fraction of sp³-hybridized carbons (Fsp3) is 0.222. The zero-order chi connectivity index (χ0) is 20.0. The maximum Gasteiger partial charge on any atom is 0.352 e. The number of carbonyl (C=O) groups excluding carboxylic acids is 1. The number of hydrogen-bond acceptors (Lipinski definition) is 5. The van der Waals surface area contributed by atoms with Crippen LogP contribution in [0.3, 0.4) is 0 Å². The molecular weight excluding hydrogens is 351 g/mol. The van der Waals surface area contributed by atoms with Gasteiger partial charge in [0, 0.05) is 30.1 Å². The van der Waals surface area contributed by atoms with Gasteiger partial charge in [0.25, 0.3) is 5.88 Å². The van der Waals surface area contributed by atoms with Gasteiger partial charge in [0.1, 0.15) is 13.0 Å². The SMILES string of the molecule is C=[N+](/C=C(/NC(=O)N(C)F)ON)Cc1ccc(-c2cncnc2C)c(C)c1. The van der Waals surface area contributed by atoms with Gasteiger partial charge in [-0.15, -0.1) is 0 Å². The normalized spacial score (nSPS) is 11.1. The quantitative estimate of drug-likeness (QED) is 0.266. The lowest BCUT2D eigenvalue weighted by Crippen LogP contribution is -2.33. The van der Waals surface area contributed by atoms with E-state index in [0.717, 1.165) is 35.0 Å². The monoisotopic (exact) mass is 373 g/mol. The summed E-state index contributed by atoms with van der Waals surface area (Å²) >= 11 is 0. The van der Waals surface area contributed by atoms with Gasteiger partial charge in [-0.2, -0.15) is 11.0 Å². The average Bonchev–Trinajstić information content (AvgIpc) is 2.62. The number of benzene rings is 1. The number of urea groups is 1. The van der Waals surface area contributed by atoms with E-state index in [0.29, 0.717) is 6.54 Å². The molecule has 0 aliphatic rings. The Morgan fingerprint density at radius 3 is 2.78 bits per heavy atom. The molecule has 1 aromatic carbocycles. The van der Waals surface area contributed by atoms with Gasteiger partial charge in [0.15, 0.2) is 6.54 Å². The van der Waals surface area contributed by atoms with Crippen molar-refractivity contribution >= 4 is 12.7 Å². The van der Waals surface area contributed by atoms with Crippen molar-refractivity contribution in [2.24, 2.45) is 5.90 Å². The van der Waals surface area contributed by atoms with Gasteiger partial charge in [-0.3, -0.25) is 5.32 Å². The summed E-state index contributed by atoms with van der Waals surface area (Å²) in [6.45, 7) is 8.19. The summed E-state index contributed by atoms with van der Waals surface area (Å²) in [6, 6.07) is 4.96. The fourth-order valence-corrected chi connectivity index (χ4v) is 2.50. The van der Waals surface area contributed by atoms with Crippen LogP contribution in [0.25, 0.3) is 11.1 Å². The first-order valence-electron chi connectivity index (χ1n) is 8.04. The van der Waals surface area contributed by atoms with Gasteiger partial charge in [-0.1, -0.05) is 16.6 Å². The van der Waals surface area contributed by atoms with Crippen molar-refractivity contribution in [3.63, 3.8) is 0 Å². The lowest BCUT2D eigenvalue weighted by Gasteiger charge is -2.10. The summed E-state index contributed by atoms with van der Waals surface area (Å²) in [6.07, 6.45) is 4.67. The number of aromatic nitrogens is 2. The van der Waals surface area contributed by atoms with E-state index < -0.39 is 6.03 Å². The number of nitrogens with one attached hydrogen (secondary N) is 1. The third-order valence-corrected chi connectivity index (χ3v) is 3.81. The highest BCUT2D eigenvalue weighted by atomic mass is 19.2. The molecule has 0 saturated heterocycles. The second-order valence-corrected chi connectivity index (χ2v) is 5.94. The van der Waals surface area contributed by atoms with Crippen LogP contribution < -0.4 is 11.2 Å². The Bertz CT molecular complexity index is 882. The maximum absolute atomic E-state index is 12.8. The predicted octanol–water partition coefficient (Wildman–Crippen LogP) is 2.19. The third kappa shape index (κ3) is 5.32. The Hall–Kier alpha value is -3.33. The molecule has 2 amide bonds. The zero-order valence-corrected chi connectivity index (χ0v) is 15.4. The minimum Gasteiger partial charge on any atom is -0.387 e. The number of carbonyl (C=O) groups is 1. The molecule has 2 rings (SSSR count). The molecule has 0 aliphatic carbocycles. The number of rotatable bonds is 6. The second kappa shape index (κ2) is 8.86. The number of nitrogens with zero attached hydrogens (tertiary/aromatic N) is 4. The molecular formula is C18H22FN6O2+. The minimum absolute atomic E-state index is 0.127. The number of halogens is 1. The molecule has 1 aromatic heterocycles. The smallest absolute Gasteiger partial charge is 0.352 e. The second-order valence-electron chi connectivity index (χ2n) is 5.94. The Morgan fingerprint density at radius 2 is 2.19 bits per heavy atom. The molecule has 0 unspecified atom stereocenters. The molecule has 1 heterocycles. The van der Waals surface area contributed by atoms with E-state index >= 15 is 0 Å². The molecule has 0 atom stereocenters. The average molecular weight is 373 g/mol. The Morgan fingerprint density at radius 1 is 1.44 bits per heavy atom. The summed E-state index contributed by atoms with van der Waals surface area (Å²) in [5, 5.41) is 2.03. The van der Waals surface area contributed by atoms with Crippen LogP contribution in [0, 0.1) is 13.8 Å². The van der Waals surface area contributed by atoms with Gasteiger partial charge >= 0.3 is 6.03 Å². The first-order valence-corrected chi connectivity index (χ1v) is 8.04. The van der Waals surface area contributed by atoms with Crippen LogP contribution in [0.1, 0.15) is 16.8 Å². The van der Waals surface area contributed by atoms with Crippen LogP contribution in [0.4, 0.5) is 9.28 Å². The van der Waals surface area contributed by atoms with Gasteiger partial charge in [0.05, 0.1) is 0 Å². The lowest BCUT2D eigenvalue weighted by atomic mass is 9.98. The standard InChI is InChI=1S/C18H21FN6O2/c1-12-7-14(5-6-15(12)16-8-21-11-22-13(16)2)9-24(3)10-17(27-20)23-18(26)25(4)19/h5-8,10-11H,3,9,20H2,1-2,4H3/p+1/b17-10-.